The fourth-order valence-corrected chi connectivity index (χ4v) is 3.72. The van der Waals surface area contributed by atoms with E-state index in [-0.39, 0.29) is 17.7 Å². The van der Waals surface area contributed by atoms with E-state index in [1.165, 1.54) is 6.92 Å². The molecule has 4 rings (SSSR count). The van der Waals surface area contributed by atoms with E-state index in [4.69, 9.17) is 18.9 Å². The first kappa shape index (κ1) is 24.1. The summed E-state index contributed by atoms with van der Waals surface area (Å²) in [6, 6.07) is 24.7. The zero-order chi connectivity index (χ0) is 24.8. The number of carbonyl (C=O) groups excluding carboxylic acids is 3. The van der Waals surface area contributed by atoms with Crippen LogP contribution in [0.25, 0.3) is 0 Å². The van der Waals surface area contributed by atoms with Crippen molar-refractivity contribution >= 4 is 17.9 Å². The Morgan fingerprint density at radius 1 is 0.771 bits per heavy atom. The summed E-state index contributed by atoms with van der Waals surface area (Å²) < 4.78 is 22.2. The van der Waals surface area contributed by atoms with Crippen LogP contribution in [-0.4, -0.2) is 53.7 Å². The lowest BCUT2D eigenvalue weighted by Gasteiger charge is -2.32. The number of aliphatic hydroxyl groups excluding tert-OH is 1. The highest BCUT2D eigenvalue weighted by atomic mass is 16.7. The number of rotatable bonds is 7. The van der Waals surface area contributed by atoms with E-state index in [9.17, 15) is 19.5 Å². The summed E-state index contributed by atoms with van der Waals surface area (Å²) in [6.07, 6.45) is -4.02. The summed E-state index contributed by atoms with van der Waals surface area (Å²) in [5.74, 6) is -2.07. The molecule has 0 bridgehead atoms. The van der Waals surface area contributed by atoms with Gasteiger partial charge in [-0.1, -0.05) is 54.6 Å². The van der Waals surface area contributed by atoms with Gasteiger partial charge in [-0.3, -0.25) is 0 Å². The monoisotopic (exact) mass is 476 g/mol. The Labute approximate surface area is 202 Å². The summed E-state index contributed by atoms with van der Waals surface area (Å²) in [5, 5.41) is 10.7. The Morgan fingerprint density at radius 2 is 1.23 bits per heavy atom. The Morgan fingerprint density at radius 3 is 1.74 bits per heavy atom. The number of esters is 3. The van der Waals surface area contributed by atoms with Crippen molar-refractivity contribution in [3.05, 3.63) is 108 Å². The van der Waals surface area contributed by atoms with E-state index >= 15 is 0 Å². The first-order chi connectivity index (χ1) is 16.9. The van der Waals surface area contributed by atoms with Crippen molar-refractivity contribution in [2.45, 2.75) is 31.0 Å². The summed E-state index contributed by atoms with van der Waals surface area (Å²) in [6.45, 7) is 1.05. The second-order valence-electron chi connectivity index (χ2n) is 8.12. The lowest BCUT2D eigenvalue weighted by Crippen LogP contribution is -2.52. The Bertz CT molecular complexity index is 1170. The van der Waals surface area contributed by atoms with Gasteiger partial charge in [-0.25, -0.2) is 14.4 Å². The van der Waals surface area contributed by atoms with Gasteiger partial charge in [0.15, 0.2) is 18.0 Å². The van der Waals surface area contributed by atoms with Crippen LogP contribution < -0.4 is 0 Å². The molecule has 3 aromatic carbocycles. The number of benzene rings is 3. The quantitative estimate of drug-likeness (QED) is 0.408. The molecule has 4 unspecified atom stereocenters. The molecule has 4 atom stereocenters. The maximum atomic E-state index is 12.8. The predicted molar refractivity (Wildman–Crippen MR) is 124 cm³/mol. The Kier molecular flexibility index (Phi) is 7.24. The fraction of sp³-hybridized carbons (Fsp3) is 0.222. The average Bonchev–Trinajstić information content (AvgIpc) is 3.12. The summed E-state index contributed by atoms with van der Waals surface area (Å²) in [5.41, 5.74) is -0.956. The van der Waals surface area contributed by atoms with Crippen molar-refractivity contribution in [3.8, 4) is 0 Å². The van der Waals surface area contributed by atoms with Crippen LogP contribution in [0.2, 0.25) is 0 Å². The van der Waals surface area contributed by atoms with Crippen molar-refractivity contribution in [1.82, 2.24) is 0 Å². The fourth-order valence-electron chi connectivity index (χ4n) is 3.72. The smallest absolute Gasteiger partial charge is 0.338 e. The van der Waals surface area contributed by atoms with E-state index in [2.05, 4.69) is 0 Å². The van der Waals surface area contributed by atoms with Crippen LogP contribution in [-0.2, 0) is 18.9 Å². The minimum absolute atomic E-state index is 0.244. The largest absolute Gasteiger partial charge is 0.459 e. The predicted octanol–water partition coefficient (Wildman–Crippen LogP) is 3.40. The van der Waals surface area contributed by atoms with Crippen molar-refractivity contribution in [3.63, 3.8) is 0 Å². The van der Waals surface area contributed by atoms with Crippen LogP contribution in [0.5, 0.6) is 0 Å². The second kappa shape index (κ2) is 10.5. The van der Waals surface area contributed by atoms with Gasteiger partial charge >= 0.3 is 17.9 Å². The molecular weight excluding hydrogens is 452 g/mol. The highest BCUT2D eigenvalue weighted by Crippen LogP contribution is 2.37. The molecule has 180 valence electrons. The van der Waals surface area contributed by atoms with Gasteiger partial charge < -0.3 is 24.1 Å². The van der Waals surface area contributed by atoms with E-state index in [1.807, 2.05) is 0 Å². The molecule has 0 aliphatic carbocycles. The highest BCUT2D eigenvalue weighted by molar-refractivity contribution is 5.91. The third kappa shape index (κ3) is 5.40. The number of hydrogen-bond acceptors (Lipinski definition) is 8. The third-order valence-corrected chi connectivity index (χ3v) is 5.65. The SMILES string of the molecule is CC1(OC(=O)c2ccccc2)C(O)OC(COC(=O)c2ccccc2)C1OC(=O)c1ccccc1. The molecule has 1 aliphatic heterocycles. The molecule has 35 heavy (non-hydrogen) atoms. The molecule has 0 saturated carbocycles. The molecule has 8 nitrogen and oxygen atoms in total. The summed E-state index contributed by atoms with van der Waals surface area (Å²) >= 11 is 0. The van der Waals surface area contributed by atoms with E-state index in [0.717, 1.165) is 0 Å². The molecular formula is C27H24O8. The minimum Gasteiger partial charge on any atom is -0.459 e. The van der Waals surface area contributed by atoms with Gasteiger partial charge in [0.1, 0.15) is 12.7 Å². The van der Waals surface area contributed by atoms with Crippen LogP contribution >= 0.6 is 0 Å². The Hall–Kier alpha value is -4.01. The number of ether oxygens (including phenoxy) is 4. The lowest BCUT2D eigenvalue weighted by atomic mass is 9.96. The van der Waals surface area contributed by atoms with Crippen molar-refractivity contribution in [1.29, 1.82) is 0 Å². The van der Waals surface area contributed by atoms with Crippen LogP contribution in [0.4, 0.5) is 0 Å². The zero-order valence-electron chi connectivity index (χ0n) is 18.9. The lowest BCUT2D eigenvalue weighted by molar-refractivity contribution is -0.172. The van der Waals surface area contributed by atoms with Gasteiger partial charge in [-0.15, -0.1) is 0 Å². The van der Waals surface area contributed by atoms with Crippen LogP contribution in [0.1, 0.15) is 38.0 Å². The molecule has 1 fully saturated rings. The first-order valence-corrected chi connectivity index (χ1v) is 11.0. The molecule has 0 amide bonds. The molecule has 0 aromatic heterocycles. The van der Waals surface area contributed by atoms with Crippen LogP contribution in [0, 0.1) is 0 Å². The molecule has 0 spiro atoms. The topological polar surface area (TPSA) is 108 Å². The Balaban J connectivity index is 1.56. The minimum atomic E-state index is -1.78. The van der Waals surface area contributed by atoms with Crippen molar-refractivity contribution in [2.75, 3.05) is 6.61 Å². The number of hydrogen-bond donors (Lipinski definition) is 1. The molecule has 1 heterocycles. The zero-order valence-corrected chi connectivity index (χ0v) is 18.9. The molecule has 0 radical (unpaired) electrons. The summed E-state index contributed by atoms with van der Waals surface area (Å²) in [4.78, 5) is 38.1. The van der Waals surface area contributed by atoms with Gasteiger partial charge in [-0.2, -0.15) is 0 Å². The van der Waals surface area contributed by atoms with Crippen molar-refractivity contribution < 1.29 is 38.4 Å². The highest BCUT2D eigenvalue weighted by Gasteiger charge is 2.59. The van der Waals surface area contributed by atoms with Gasteiger partial charge in [0.05, 0.1) is 16.7 Å². The maximum absolute atomic E-state index is 12.8. The molecule has 1 saturated heterocycles. The molecule has 3 aromatic rings. The van der Waals surface area contributed by atoms with E-state index in [1.54, 1.807) is 91.0 Å². The van der Waals surface area contributed by atoms with Crippen molar-refractivity contribution in [2.24, 2.45) is 0 Å². The molecule has 1 N–H and O–H groups in total. The first-order valence-electron chi connectivity index (χ1n) is 11.0. The third-order valence-electron chi connectivity index (χ3n) is 5.65. The second-order valence-corrected chi connectivity index (χ2v) is 8.12. The van der Waals surface area contributed by atoms with Crippen LogP contribution in [0.15, 0.2) is 91.0 Å². The standard InChI is InChI=1S/C27H24O8/c1-27(35-25(30)20-15-9-4-10-16-20)22(34-24(29)19-13-7-3-8-14-19)21(33-26(27)31)17-32-23(28)18-11-5-2-6-12-18/h2-16,21-22,26,31H,17H2,1H3. The van der Waals surface area contributed by atoms with Gasteiger partial charge in [0.2, 0.25) is 0 Å². The average molecular weight is 476 g/mol. The number of aliphatic hydroxyl groups is 1. The normalized spacial score (nSPS) is 23.3. The van der Waals surface area contributed by atoms with E-state index < -0.39 is 42.0 Å². The van der Waals surface area contributed by atoms with Gasteiger partial charge in [0, 0.05) is 0 Å². The van der Waals surface area contributed by atoms with Gasteiger partial charge in [0.25, 0.3) is 0 Å². The maximum Gasteiger partial charge on any atom is 0.338 e. The summed E-state index contributed by atoms with van der Waals surface area (Å²) in [7, 11) is 0. The molecule has 8 heteroatoms. The molecule has 1 aliphatic rings. The van der Waals surface area contributed by atoms with E-state index in [0.29, 0.717) is 5.56 Å². The van der Waals surface area contributed by atoms with Crippen LogP contribution in [0.3, 0.4) is 0 Å². The number of carbonyl (C=O) groups is 3. The van der Waals surface area contributed by atoms with Gasteiger partial charge in [-0.05, 0) is 43.3 Å².